The number of alkyl halides is 1. The van der Waals surface area contributed by atoms with Gasteiger partial charge in [-0.3, -0.25) is 4.79 Å². The summed E-state index contributed by atoms with van der Waals surface area (Å²) in [5.74, 6) is 0.241. The Labute approximate surface area is 100.0 Å². The van der Waals surface area contributed by atoms with Crippen molar-refractivity contribution < 1.29 is 9.53 Å². The van der Waals surface area contributed by atoms with E-state index in [2.05, 4.69) is 31.9 Å². The molecule has 2 nitrogen and oxygen atoms in total. The number of ether oxygens (including phenoxy) is 1. The van der Waals surface area contributed by atoms with Gasteiger partial charge in [0.05, 0.1) is 11.6 Å². The third-order valence-corrected chi connectivity index (χ3v) is 2.53. The van der Waals surface area contributed by atoms with Crippen LogP contribution in [0.25, 0.3) is 0 Å². The van der Waals surface area contributed by atoms with Crippen molar-refractivity contribution in [1.29, 1.82) is 0 Å². The molecule has 0 aromatic rings. The second kappa shape index (κ2) is 4.94. The lowest BCUT2D eigenvalue weighted by atomic mass is 10.1. The molecule has 0 amide bonds. The van der Waals surface area contributed by atoms with E-state index in [0.29, 0.717) is 10.2 Å². The predicted octanol–water partition coefficient (Wildman–Crippen LogP) is 3.09. The summed E-state index contributed by atoms with van der Waals surface area (Å²) in [7, 11) is 1.49. The van der Waals surface area contributed by atoms with Gasteiger partial charge in [-0.1, -0.05) is 22.0 Å². The first-order valence-corrected chi connectivity index (χ1v) is 5.79. The van der Waals surface area contributed by atoms with E-state index in [9.17, 15) is 4.79 Å². The average molecular weight is 322 g/mol. The Bertz CT molecular complexity index is 338. The maximum atomic E-state index is 11.4. The number of carbonyl (C=O) groups excluding carboxylic acids is 1. The number of halogens is 2. The molecule has 1 aliphatic carbocycles. The van der Waals surface area contributed by atoms with E-state index in [1.165, 1.54) is 7.11 Å². The van der Waals surface area contributed by atoms with Crippen molar-refractivity contribution in [3.8, 4) is 0 Å². The van der Waals surface area contributed by atoms with Gasteiger partial charge in [0, 0.05) is 4.83 Å². The highest BCUT2D eigenvalue weighted by atomic mass is 79.9. The molecule has 0 bridgehead atoms. The lowest BCUT2D eigenvalue weighted by molar-refractivity contribution is -0.114. The van der Waals surface area contributed by atoms with Crippen LogP contribution in [0.1, 0.15) is 6.92 Å². The van der Waals surface area contributed by atoms with Crippen molar-refractivity contribution in [2.24, 2.45) is 0 Å². The number of Topliss-reactive ketones (excluding diaryl/α,β-unsaturated/α-hetero) is 1. The minimum absolute atomic E-state index is 0.119. The first-order valence-electron chi connectivity index (χ1n) is 4.08. The van der Waals surface area contributed by atoms with Crippen LogP contribution < -0.4 is 0 Å². The molecule has 0 fully saturated rings. The summed E-state index contributed by atoms with van der Waals surface area (Å²) in [5, 5.41) is 0. The molecule has 4 heteroatoms. The Kier molecular flexibility index (Phi) is 4.13. The Balaban J connectivity index is 3.02. The Morgan fingerprint density at radius 1 is 1.50 bits per heavy atom. The second-order valence-electron chi connectivity index (χ2n) is 2.88. The number of rotatable bonds is 2. The van der Waals surface area contributed by atoms with Crippen LogP contribution in [-0.4, -0.2) is 17.7 Å². The van der Waals surface area contributed by atoms with Crippen molar-refractivity contribution in [1.82, 2.24) is 0 Å². The monoisotopic (exact) mass is 320 g/mol. The van der Waals surface area contributed by atoms with E-state index in [-0.39, 0.29) is 10.6 Å². The van der Waals surface area contributed by atoms with Gasteiger partial charge in [-0.2, -0.15) is 0 Å². The van der Waals surface area contributed by atoms with Gasteiger partial charge < -0.3 is 4.74 Å². The molecule has 0 saturated heterocycles. The summed E-state index contributed by atoms with van der Waals surface area (Å²) in [4.78, 5) is 11.7. The average Bonchev–Trinajstić information content (AvgIpc) is 2.10. The fourth-order valence-electron chi connectivity index (χ4n) is 1.10. The minimum Gasteiger partial charge on any atom is -0.493 e. The van der Waals surface area contributed by atoms with Crippen molar-refractivity contribution in [3.63, 3.8) is 0 Å². The summed E-state index contributed by atoms with van der Waals surface area (Å²) in [5.41, 5.74) is 0.956. The molecule has 0 aromatic heterocycles. The maximum Gasteiger partial charge on any atom is 0.234 e. The Morgan fingerprint density at radius 3 is 2.64 bits per heavy atom. The fraction of sp³-hybridized carbons (Fsp3) is 0.300. The van der Waals surface area contributed by atoms with Gasteiger partial charge >= 0.3 is 0 Å². The number of hydrogen-bond acceptors (Lipinski definition) is 2. The third-order valence-electron chi connectivity index (χ3n) is 1.67. The van der Waals surface area contributed by atoms with Crippen molar-refractivity contribution in [2.45, 2.75) is 11.8 Å². The standard InChI is InChI=1S/C10H10Br2O2/c1-6(11)3-7-4-8(12)10(13)9(5-7)14-2/h3-6H,1-2H3/b7-3-/t6-/m1/s1. The predicted molar refractivity (Wildman–Crippen MR) is 63.6 cm³/mol. The lowest BCUT2D eigenvalue weighted by Crippen LogP contribution is -2.09. The minimum atomic E-state index is -0.119. The normalized spacial score (nSPS) is 21.7. The van der Waals surface area contributed by atoms with Crippen LogP contribution in [0, 0.1) is 0 Å². The Hall–Kier alpha value is -0.350. The van der Waals surface area contributed by atoms with E-state index in [1.54, 1.807) is 12.2 Å². The highest BCUT2D eigenvalue weighted by Gasteiger charge is 2.18. The van der Waals surface area contributed by atoms with Crippen LogP contribution in [0.15, 0.2) is 34.0 Å². The van der Waals surface area contributed by atoms with Crippen LogP contribution in [-0.2, 0) is 9.53 Å². The SMILES string of the molecule is COC1=C/C(=C\[C@@H](C)Br)C=C(Br)C1=O. The van der Waals surface area contributed by atoms with Crippen LogP contribution in [0.4, 0.5) is 0 Å². The molecule has 0 radical (unpaired) electrons. The smallest absolute Gasteiger partial charge is 0.234 e. The summed E-state index contributed by atoms with van der Waals surface area (Å²) in [6.45, 7) is 2.01. The highest BCUT2D eigenvalue weighted by Crippen LogP contribution is 2.24. The maximum absolute atomic E-state index is 11.4. The molecule has 0 saturated carbocycles. The van der Waals surface area contributed by atoms with Crippen molar-refractivity contribution >= 4 is 37.6 Å². The first kappa shape index (κ1) is 11.7. The van der Waals surface area contributed by atoms with Gasteiger partial charge in [0.15, 0.2) is 5.76 Å². The van der Waals surface area contributed by atoms with E-state index < -0.39 is 0 Å². The van der Waals surface area contributed by atoms with Gasteiger partial charge in [-0.25, -0.2) is 0 Å². The quantitative estimate of drug-likeness (QED) is 0.731. The van der Waals surface area contributed by atoms with E-state index >= 15 is 0 Å². The molecule has 76 valence electrons. The first-order chi connectivity index (χ1) is 6.54. The topological polar surface area (TPSA) is 26.3 Å². The molecule has 0 heterocycles. The molecule has 0 spiro atoms. The van der Waals surface area contributed by atoms with Crippen LogP contribution in [0.5, 0.6) is 0 Å². The van der Waals surface area contributed by atoms with E-state index in [0.717, 1.165) is 5.57 Å². The van der Waals surface area contributed by atoms with Gasteiger partial charge in [0.25, 0.3) is 0 Å². The van der Waals surface area contributed by atoms with Crippen LogP contribution in [0.3, 0.4) is 0 Å². The van der Waals surface area contributed by atoms with Crippen molar-refractivity contribution in [2.75, 3.05) is 7.11 Å². The largest absolute Gasteiger partial charge is 0.493 e. The number of hydrogen-bond donors (Lipinski definition) is 0. The number of allylic oxidation sites excluding steroid dienone is 5. The molecule has 1 rings (SSSR count). The van der Waals surface area contributed by atoms with Crippen LogP contribution in [0.2, 0.25) is 0 Å². The van der Waals surface area contributed by atoms with Gasteiger partial charge in [0.1, 0.15) is 0 Å². The Morgan fingerprint density at radius 2 is 2.14 bits per heavy atom. The highest BCUT2D eigenvalue weighted by molar-refractivity contribution is 9.12. The third kappa shape index (κ3) is 2.82. The molecule has 1 aliphatic rings. The van der Waals surface area contributed by atoms with Crippen LogP contribution >= 0.6 is 31.9 Å². The van der Waals surface area contributed by atoms with Gasteiger partial charge in [0.2, 0.25) is 5.78 Å². The fourth-order valence-corrected chi connectivity index (χ4v) is 1.87. The lowest BCUT2D eigenvalue weighted by Gasteiger charge is -2.11. The number of ketones is 1. The van der Waals surface area contributed by atoms with E-state index in [1.807, 2.05) is 13.0 Å². The van der Waals surface area contributed by atoms with Gasteiger partial charge in [-0.05, 0) is 40.6 Å². The summed E-state index contributed by atoms with van der Waals surface area (Å²) in [6, 6.07) is 0. The van der Waals surface area contributed by atoms with Gasteiger partial charge in [-0.15, -0.1) is 0 Å². The van der Waals surface area contributed by atoms with Crippen molar-refractivity contribution in [3.05, 3.63) is 34.0 Å². The zero-order valence-corrected chi connectivity index (χ0v) is 11.1. The molecular weight excluding hydrogens is 312 g/mol. The van der Waals surface area contributed by atoms with E-state index in [4.69, 9.17) is 4.74 Å². The molecule has 0 unspecified atom stereocenters. The zero-order valence-electron chi connectivity index (χ0n) is 7.88. The number of carbonyl (C=O) groups is 1. The summed E-state index contributed by atoms with van der Waals surface area (Å²) in [6.07, 6.45) is 5.50. The summed E-state index contributed by atoms with van der Waals surface area (Å²) >= 11 is 6.61. The second-order valence-corrected chi connectivity index (χ2v) is 5.18. The molecule has 14 heavy (non-hydrogen) atoms. The number of methoxy groups -OCH3 is 1. The molecule has 1 atom stereocenters. The molecule has 0 N–H and O–H groups in total. The molecular formula is C10H10Br2O2. The zero-order chi connectivity index (χ0) is 10.7. The summed E-state index contributed by atoms with van der Waals surface area (Å²) < 4.78 is 5.49. The molecule has 0 aliphatic heterocycles. The molecule has 0 aromatic carbocycles.